The Morgan fingerprint density at radius 1 is 1.11 bits per heavy atom. The van der Waals surface area contributed by atoms with E-state index in [-0.39, 0.29) is 30.0 Å². The van der Waals surface area contributed by atoms with E-state index in [1.54, 1.807) is 0 Å². The molecule has 1 aliphatic heterocycles. The topological polar surface area (TPSA) is 79.8 Å². The molecular formula is C21H27N2O3S+. The Bertz CT molecular complexity index is 895. The number of hydrogen-bond donors (Lipinski definition) is 2. The number of carbonyl (C=O) groups excluding carboxylic acids is 1. The monoisotopic (exact) mass is 387 g/mol. The van der Waals surface area contributed by atoms with Crippen molar-refractivity contribution in [1.29, 1.82) is 0 Å². The second-order valence-electron chi connectivity index (χ2n) is 7.69. The first-order valence-corrected chi connectivity index (χ1v) is 11.0. The number of aryl methyl sites for hydroxylation is 1. The fourth-order valence-electron chi connectivity index (χ4n) is 3.62. The van der Waals surface area contributed by atoms with E-state index in [4.69, 9.17) is 0 Å². The third-order valence-electron chi connectivity index (χ3n) is 5.08. The van der Waals surface area contributed by atoms with E-state index in [0.717, 1.165) is 11.1 Å². The smallest absolute Gasteiger partial charge is 0.275 e. The van der Waals surface area contributed by atoms with Gasteiger partial charge in [0.25, 0.3) is 5.91 Å². The van der Waals surface area contributed by atoms with Crippen LogP contribution in [0.2, 0.25) is 0 Å². The summed E-state index contributed by atoms with van der Waals surface area (Å²) < 4.78 is 23.5. The van der Waals surface area contributed by atoms with Gasteiger partial charge in [0.05, 0.1) is 17.0 Å². The Hall–Kier alpha value is -2.18. The molecule has 0 radical (unpaired) electrons. The molecule has 5 nitrogen and oxygen atoms in total. The minimum absolute atomic E-state index is 0.0117. The molecule has 0 saturated carbocycles. The molecule has 1 fully saturated rings. The Kier molecular flexibility index (Phi) is 5.67. The molecule has 3 rings (SSSR count). The van der Waals surface area contributed by atoms with E-state index in [1.165, 1.54) is 5.56 Å². The van der Waals surface area contributed by atoms with E-state index in [2.05, 4.69) is 48.6 Å². The highest BCUT2D eigenvalue weighted by Gasteiger charge is 2.39. The quantitative estimate of drug-likeness (QED) is 0.785. The highest BCUT2D eigenvalue weighted by molar-refractivity contribution is 7.91. The molecule has 3 N–H and O–H groups in total. The van der Waals surface area contributed by atoms with Crippen molar-refractivity contribution in [1.82, 2.24) is 5.32 Å². The van der Waals surface area contributed by atoms with Crippen molar-refractivity contribution >= 4 is 15.7 Å². The van der Waals surface area contributed by atoms with Gasteiger partial charge in [0.1, 0.15) is 6.04 Å². The normalized spacial score (nSPS) is 22.3. The Balaban J connectivity index is 1.70. The van der Waals surface area contributed by atoms with Gasteiger partial charge in [-0.3, -0.25) is 4.79 Å². The van der Waals surface area contributed by atoms with Crippen molar-refractivity contribution in [2.45, 2.75) is 31.8 Å². The standard InChI is InChI=1S/C21H26N2O3S/c1-16-8-10-18(11-9-16)20(17-6-4-3-5-7-17)22-14-19(24)23-21(2)12-13-27(25,26)15-21/h3-11,20,22H,12-15H2,1-2H3,(H,23,24)/p+1/t20-,21+/m0/s1. The zero-order chi connectivity index (χ0) is 19.5. The molecule has 0 aromatic heterocycles. The van der Waals surface area contributed by atoms with Crippen molar-refractivity contribution < 1.29 is 18.5 Å². The molecule has 0 aliphatic carbocycles. The molecule has 1 saturated heterocycles. The number of sulfone groups is 1. The van der Waals surface area contributed by atoms with Crippen molar-refractivity contribution in [3.05, 3.63) is 71.3 Å². The third-order valence-corrected chi connectivity index (χ3v) is 6.98. The Labute approximate surface area is 161 Å². The summed E-state index contributed by atoms with van der Waals surface area (Å²) in [7, 11) is -3.05. The fourth-order valence-corrected chi connectivity index (χ4v) is 5.71. The van der Waals surface area contributed by atoms with E-state index in [1.807, 2.05) is 30.4 Å². The van der Waals surface area contributed by atoms with Crippen LogP contribution >= 0.6 is 0 Å². The Morgan fingerprint density at radius 2 is 1.74 bits per heavy atom. The van der Waals surface area contributed by atoms with Crippen molar-refractivity contribution in [3.8, 4) is 0 Å². The van der Waals surface area contributed by atoms with Gasteiger partial charge in [-0.2, -0.15) is 0 Å². The van der Waals surface area contributed by atoms with Crippen LogP contribution in [0.25, 0.3) is 0 Å². The number of rotatable bonds is 6. The summed E-state index contributed by atoms with van der Waals surface area (Å²) in [5, 5.41) is 4.93. The lowest BCUT2D eigenvalue weighted by atomic mass is 9.97. The van der Waals surface area contributed by atoms with E-state index >= 15 is 0 Å². The van der Waals surface area contributed by atoms with Gasteiger partial charge in [0.2, 0.25) is 0 Å². The highest BCUT2D eigenvalue weighted by Crippen LogP contribution is 2.22. The van der Waals surface area contributed by atoms with Crippen LogP contribution in [-0.4, -0.2) is 37.9 Å². The first-order valence-electron chi connectivity index (χ1n) is 9.23. The summed E-state index contributed by atoms with van der Waals surface area (Å²) >= 11 is 0. The van der Waals surface area contributed by atoms with Crippen LogP contribution in [0, 0.1) is 6.92 Å². The molecule has 0 bridgehead atoms. The van der Waals surface area contributed by atoms with Crippen LogP contribution < -0.4 is 10.6 Å². The SMILES string of the molecule is Cc1ccc([C@@H]([NH2+]CC(=O)N[C@]2(C)CCS(=O)(=O)C2)c2ccccc2)cc1. The molecule has 0 unspecified atom stereocenters. The summed E-state index contributed by atoms with van der Waals surface area (Å²) in [6, 6.07) is 18.4. The minimum Gasteiger partial charge on any atom is -0.345 e. The zero-order valence-electron chi connectivity index (χ0n) is 15.8. The highest BCUT2D eigenvalue weighted by atomic mass is 32.2. The van der Waals surface area contributed by atoms with Crippen LogP contribution in [0.4, 0.5) is 0 Å². The van der Waals surface area contributed by atoms with Crippen molar-refractivity contribution in [2.24, 2.45) is 0 Å². The maximum absolute atomic E-state index is 12.5. The predicted molar refractivity (Wildman–Crippen MR) is 106 cm³/mol. The van der Waals surface area contributed by atoms with E-state index in [0.29, 0.717) is 6.42 Å². The summed E-state index contributed by atoms with van der Waals surface area (Å²) in [6.45, 7) is 4.10. The van der Waals surface area contributed by atoms with Gasteiger partial charge in [-0.15, -0.1) is 0 Å². The van der Waals surface area contributed by atoms with Crippen molar-refractivity contribution in [3.63, 3.8) is 0 Å². The summed E-state index contributed by atoms with van der Waals surface area (Å²) in [6.07, 6.45) is 0.473. The fraction of sp³-hybridized carbons (Fsp3) is 0.381. The van der Waals surface area contributed by atoms with E-state index in [9.17, 15) is 13.2 Å². The predicted octanol–water partition coefficient (Wildman–Crippen LogP) is 1.34. The second kappa shape index (κ2) is 7.82. The minimum atomic E-state index is -3.05. The molecule has 1 aliphatic rings. The van der Waals surface area contributed by atoms with Crippen LogP contribution in [-0.2, 0) is 14.6 Å². The van der Waals surface area contributed by atoms with Gasteiger partial charge in [-0.05, 0) is 20.3 Å². The molecule has 2 aromatic carbocycles. The zero-order valence-corrected chi connectivity index (χ0v) is 16.6. The van der Waals surface area contributed by atoms with Crippen LogP contribution in [0.1, 0.15) is 36.1 Å². The average molecular weight is 388 g/mol. The van der Waals surface area contributed by atoms with Gasteiger partial charge in [0, 0.05) is 11.1 Å². The van der Waals surface area contributed by atoms with Gasteiger partial charge in [-0.25, -0.2) is 8.42 Å². The number of nitrogens with two attached hydrogens (primary N) is 1. The number of nitrogens with one attached hydrogen (secondary N) is 1. The van der Waals surface area contributed by atoms with Crippen LogP contribution in [0.5, 0.6) is 0 Å². The second-order valence-corrected chi connectivity index (χ2v) is 9.87. The lowest BCUT2D eigenvalue weighted by Crippen LogP contribution is -2.88. The third kappa shape index (κ3) is 5.17. The first-order chi connectivity index (χ1) is 12.8. The number of carbonyl (C=O) groups is 1. The maximum Gasteiger partial charge on any atom is 0.275 e. The molecule has 144 valence electrons. The van der Waals surface area contributed by atoms with Gasteiger partial charge < -0.3 is 10.6 Å². The number of amides is 1. The van der Waals surface area contributed by atoms with E-state index < -0.39 is 15.4 Å². The van der Waals surface area contributed by atoms with Gasteiger partial charge in [-0.1, -0.05) is 60.2 Å². The molecule has 2 aromatic rings. The number of hydrogen-bond acceptors (Lipinski definition) is 3. The first kappa shape index (κ1) is 19.6. The summed E-state index contributed by atoms with van der Waals surface area (Å²) in [5.41, 5.74) is 2.80. The van der Waals surface area contributed by atoms with Crippen LogP contribution in [0.3, 0.4) is 0 Å². The average Bonchev–Trinajstić information content (AvgIpc) is 2.90. The maximum atomic E-state index is 12.5. The molecule has 1 heterocycles. The van der Waals surface area contributed by atoms with Crippen LogP contribution in [0.15, 0.2) is 54.6 Å². The lowest BCUT2D eigenvalue weighted by molar-refractivity contribution is -0.676. The molecule has 27 heavy (non-hydrogen) atoms. The molecular weight excluding hydrogens is 360 g/mol. The molecule has 1 amide bonds. The number of benzene rings is 2. The lowest BCUT2D eigenvalue weighted by Gasteiger charge is -2.24. The Morgan fingerprint density at radius 3 is 2.33 bits per heavy atom. The molecule has 0 spiro atoms. The molecule has 2 atom stereocenters. The van der Waals surface area contributed by atoms with Gasteiger partial charge >= 0.3 is 0 Å². The van der Waals surface area contributed by atoms with Crippen molar-refractivity contribution in [2.75, 3.05) is 18.1 Å². The largest absolute Gasteiger partial charge is 0.345 e. The number of quaternary nitrogens is 1. The summed E-state index contributed by atoms with van der Waals surface area (Å²) in [5.74, 6) is 0.0256. The molecule has 6 heteroatoms. The summed E-state index contributed by atoms with van der Waals surface area (Å²) in [4.78, 5) is 12.5. The van der Waals surface area contributed by atoms with Gasteiger partial charge in [0.15, 0.2) is 16.4 Å².